The van der Waals surface area contributed by atoms with Gasteiger partial charge in [0.2, 0.25) is 0 Å². The van der Waals surface area contributed by atoms with Gasteiger partial charge in [0.15, 0.2) is 0 Å². The van der Waals surface area contributed by atoms with Gasteiger partial charge >= 0.3 is 6.18 Å². The van der Waals surface area contributed by atoms with E-state index in [1.54, 1.807) is 12.1 Å². The van der Waals surface area contributed by atoms with E-state index in [4.69, 9.17) is 11.6 Å². The Labute approximate surface area is 160 Å². The van der Waals surface area contributed by atoms with Crippen molar-refractivity contribution in [2.24, 2.45) is 10.9 Å². The molecule has 2 atom stereocenters. The van der Waals surface area contributed by atoms with Crippen molar-refractivity contribution >= 4 is 17.3 Å². The Morgan fingerprint density at radius 2 is 2.07 bits per heavy atom. The summed E-state index contributed by atoms with van der Waals surface area (Å²) in [5, 5.41) is 6.25. The lowest BCUT2D eigenvalue weighted by Crippen LogP contribution is -2.30. The summed E-state index contributed by atoms with van der Waals surface area (Å²) in [6.45, 7) is 7.00. The number of aromatic amines is 1. The summed E-state index contributed by atoms with van der Waals surface area (Å²) in [4.78, 5) is 6.50. The smallest absolute Gasteiger partial charge is 0.378 e. The zero-order chi connectivity index (χ0) is 19.8. The maximum Gasteiger partial charge on any atom is 0.433 e. The highest BCUT2D eigenvalue weighted by molar-refractivity contribution is 6.34. The fourth-order valence-electron chi connectivity index (χ4n) is 3.42. The zero-order valence-electron chi connectivity index (χ0n) is 15.0. The van der Waals surface area contributed by atoms with Crippen molar-refractivity contribution < 1.29 is 13.2 Å². The van der Waals surface area contributed by atoms with Crippen LogP contribution in [0.5, 0.6) is 0 Å². The first-order chi connectivity index (χ1) is 12.8. The first-order valence-electron chi connectivity index (χ1n) is 8.55. The summed E-state index contributed by atoms with van der Waals surface area (Å²) < 4.78 is 40.2. The van der Waals surface area contributed by atoms with Gasteiger partial charge in [-0.3, -0.25) is 10.1 Å². The number of rotatable bonds is 5. The standard InChI is InChI=1S/C19H20ClF3N4/c1-4-27(3)11(2)16-13(14-10-25-26-18(14)19(21,22)23)9-24-17(16)12-7-5-6-8-15(12)20/h5-8,10,13,16H,2,4,9H2,1,3H3,(H,25,26). The van der Waals surface area contributed by atoms with Crippen LogP contribution in [0.3, 0.4) is 0 Å². The van der Waals surface area contributed by atoms with Crippen molar-refractivity contribution in [1.82, 2.24) is 15.1 Å². The molecule has 8 heteroatoms. The van der Waals surface area contributed by atoms with Gasteiger partial charge in [-0.25, -0.2) is 0 Å². The van der Waals surface area contributed by atoms with Gasteiger partial charge in [-0.2, -0.15) is 18.3 Å². The highest BCUT2D eigenvalue weighted by atomic mass is 35.5. The summed E-state index contributed by atoms with van der Waals surface area (Å²) in [7, 11) is 1.86. The monoisotopic (exact) mass is 396 g/mol. The van der Waals surface area contributed by atoms with Crippen LogP contribution in [-0.4, -0.2) is 40.9 Å². The number of benzene rings is 1. The Kier molecular flexibility index (Phi) is 5.33. The third-order valence-corrected chi connectivity index (χ3v) is 5.31. The second-order valence-electron chi connectivity index (χ2n) is 6.49. The number of alkyl halides is 3. The second kappa shape index (κ2) is 7.38. The van der Waals surface area contributed by atoms with Gasteiger partial charge in [-0.05, 0) is 13.0 Å². The molecule has 1 aliphatic rings. The number of allylic oxidation sites excluding steroid dienone is 1. The fraction of sp³-hybridized carbons (Fsp3) is 0.368. The van der Waals surface area contributed by atoms with Gasteiger partial charge in [-0.15, -0.1) is 0 Å². The van der Waals surface area contributed by atoms with E-state index in [9.17, 15) is 13.2 Å². The maximum absolute atomic E-state index is 13.4. The van der Waals surface area contributed by atoms with E-state index < -0.39 is 23.7 Å². The average molecular weight is 397 g/mol. The molecule has 2 heterocycles. The van der Waals surface area contributed by atoms with Gasteiger partial charge < -0.3 is 4.90 Å². The molecule has 0 saturated heterocycles. The zero-order valence-corrected chi connectivity index (χ0v) is 15.8. The van der Waals surface area contributed by atoms with Crippen molar-refractivity contribution in [1.29, 1.82) is 0 Å². The number of nitrogens with zero attached hydrogens (tertiary/aromatic N) is 3. The number of aromatic nitrogens is 2. The summed E-state index contributed by atoms with van der Waals surface area (Å²) in [6.07, 6.45) is -3.27. The molecule has 1 aromatic heterocycles. The largest absolute Gasteiger partial charge is 0.433 e. The summed E-state index contributed by atoms with van der Waals surface area (Å²) in [5.41, 5.74) is 1.34. The van der Waals surface area contributed by atoms with Crippen LogP contribution in [-0.2, 0) is 6.18 Å². The average Bonchev–Trinajstić information content (AvgIpc) is 3.27. The number of H-pyrrole nitrogens is 1. The predicted molar refractivity (Wildman–Crippen MR) is 100 cm³/mol. The van der Waals surface area contributed by atoms with Crippen LogP contribution in [0.1, 0.15) is 29.7 Å². The van der Waals surface area contributed by atoms with E-state index in [1.165, 1.54) is 6.20 Å². The topological polar surface area (TPSA) is 44.3 Å². The highest BCUT2D eigenvalue weighted by Gasteiger charge is 2.43. The van der Waals surface area contributed by atoms with E-state index >= 15 is 0 Å². The Balaban J connectivity index is 2.08. The fourth-order valence-corrected chi connectivity index (χ4v) is 3.66. The van der Waals surface area contributed by atoms with Crippen molar-refractivity contribution in [2.75, 3.05) is 20.1 Å². The third-order valence-electron chi connectivity index (χ3n) is 4.98. The molecule has 0 bridgehead atoms. The van der Waals surface area contributed by atoms with Gasteiger partial charge in [0.1, 0.15) is 5.69 Å². The molecule has 0 amide bonds. The molecule has 2 unspecified atom stereocenters. The van der Waals surface area contributed by atoms with Crippen LogP contribution in [0.4, 0.5) is 13.2 Å². The Morgan fingerprint density at radius 3 is 2.70 bits per heavy atom. The molecular weight excluding hydrogens is 377 g/mol. The molecule has 1 aromatic carbocycles. The van der Waals surface area contributed by atoms with Crippen LogP contribution in [0, 0.1) is 5.92 Å². The number of nitrogens with one attached hydrogen (secondary N) is 1. The highest BCUT2D eigenvalue weighted by Crippen LogP contribution is 2.43. The molecule has 27 heavy (non-hydrogen) atoms. The normalized spacial score (nSPS) is 19.9. The van der Waals surface area contributed by atoms with Crippen LogP contribution >= 0.6 is 11.6 Å². The minimum atomic E-state index is -4.51. The molecule has 1 aliphatic heterocycles. The van der Waals surface area contributed by atoms with Crippen LogP contribution in [0.15, 0.2) is 47.7 Å². The lowest BCUT2D eigenvalue weighted by atomic mass is 9.81. The van der Waals surface area contributed by atoms with Gasteiger partial charge in [-0.1, -0.05) is 36.4 Å². The number of aliphatic imine (C=N–C) groups is 1. The first-order valence-corrected chi connectivity index (χ1v) is 8.93. The minimum absolute atomic E-state index is 0.101. The number of halogens is 4. The van der Waals surface area contributed by atoms with Gasteiger partial charge in [0.05, 0.1) is 11.9 Å². The minimum Gasteiger partial charge on any atom is -0.378 e. The van der Waals surface area contributed by atoms with Crippen LogP contribution < -0.4 is 0 Å². The quantitative estimate of drug-likeness (QED) is 0.792. The maximum atomic E-state index is 13.4. The second-order valence-corrected chi connectivity index (χ2v) is 6.90. The van der Waals surface area contributed by atoms with Gasteiger partial charge in [0.25, 0.3) is 0 Å². The molecule has 0 saturated carbocycles. The molecule has 3 rings (SSSR count). The van der Waals surface area contributed by atoms with Crippen molar-refractivity contribution in [2.45, 2.75) is 19.0 Å². The van der Waals surface area contributed by atoms with E-state index in [2.05, 4.69) is 21.8 Å². The van der Waals surface area contributed by atoms with Crippen molar-refractivity contribution in [3.8, 4) is 0 Å². The molecule has 0 spiro atoms. The summed E-state index contributed by atoms with van der Waals surface area (Å²) in [6, 6.07) is 7.21. The van der Waals surface area contributed by atoms with E-state index in [0.717, 1.165) is 5.56 Å². The van der Waals surface area contributed by atoms with Crippen LogP contribution in [0.2, 0.25) is 5.02 Å². The Bertz CT molecular complexity index is 872. The third kappa shape index (κ3) is 3.60. The molecule has 0 aliphatic carbocycles. The molecule has 1 N–H and O–H groups in total. The first kappa shape index (κ1) is 19.5. The van der Waals surface area contributed by atoms with Crippen molar-refractivity contribution in [3.63, 3.8) is 0 Å². The lowest BCUT2D eigenvalue weighted by Gasteiger charge is -2.30. The Hall–Kier alpha value is -2.28. The summed E-state index contributed by atoms with van der Waals surface area (Å²) >= 11 is 6.34. The molecule has 144 valence electrons. The Morgan fingerprint density at radius 1 is 1.37 bits per heavy atom. The molecular formula is C19H20ClF3N4. The van der Waals surface area contributed by atoms with Crippen molar-refractivity contribution in [3.05, 3.63) is 64.6 Å². The predicted octanol–water partition coefficient (Wildman–Crippen LogP) is 4.75. The van der Waals surface area contributed by atoms with E-state index in [-0.39, 0.29) is 12.1 Å². The van der Waals surface area contributed by atoms with E-state index in [0.29, 0.717) is 23.0 Å². The van der Waals surface area contributed by atoms with E-state index in [1.807, 2.05) is 31.0 Å². The number of hydrogen-bond donors (Lipinski definition) is 1. The summed E-state index contributed by atoms with van der Waals surface area (Å²) in [5.74, 6) is -0.943. The molecule has 2 aromatic rings. The van der Waals surface area contributed by atoms with Crippen LogP contribution in [0.25, 0.3) is 0 Å². The van der Waals surface area contributed by atoms with Gasteiger partial charge in [0, 0.05) is 53.8 Å². The lowest BCUT2D eigenvalue weighted by molar-refractivity contribution is -0.142. The molecule has 0 radical (unpaired) electrons. The SMILES string of the molecule is C=C(C1C(c2ccccc2Cl)=NCC1c1cn[nH]c1C(F)(F)F)N(C)CC. The molecule has 0 fully saturated rings. The number of hydrogen-bond acceptors (Lipinski definition) is 3. The molecule has 4 nitrogen and oxygen atoms in total.